The molecule has 2 atom stereocenters. The largest absolute Gasteiger partial charge is 0.300 e. The number of rotatable bonds is 4. The van der Waals surface area contributed by atoms with Gasteiger partial charge in [0.1, 0.15) is 5.69 Å². The van der Waals surface area contributed by atoms with Gasteiger partial charge in [-0.3, -0.25) is 35.2 Å². The van der Waals surface area contributed by atoms with Crippen molar-refractivity contribution < 1.29 is 19.4 Å². The third kappa shape index (κ3) is 2.59. The number of carbonyl (C=O) groups is 2. The summed E-state index contributed by atoms with van der Waals surface area (Å²) in [5.41, 5.74) is 4.29. The molecule has 174 valence electrons. The van der Waals surface area contributed by atoms with E-state index in [9.17, 15) is 29.8 Å². The zero-order chi connectivity index (χ0) is 24.6. The maximum absolute atomic E-state index is 13.9. The Balaban J connectivity index is 1.48. The molecule has 3 aromatic rings. The number of benzene rings is 3. The summed E-state index contributed by atoms with van der Waals surface area (Å²) in [7, 11) is 0. The highest BCUT2D eigenvalue weighted by Crippen LogP contribution is 2.66. The fraction of sp³-hybridized carbons (Fsp3) is 0.200. The van der Waals surface area contributed by atoms with E-state index in [1.807, 2.05) is 48.5 Å². The maximum atomic E-state index is 13.9. The van der Waals surface area contributed by atoms with Crippen LogP contribution >= 0.6 is 0 Å². The Bertz CT molecular complexity index is 1440. The van der Waals surface area contributed by atoms with Gasteiger partial charge in [0, 0.05) is 17.9 Å². The molecule has 3 aromatic carbocycles. The molecule has 2 bridgehead atoms. The van der Waals surface area contributed by atoms with Crippen LogP contribution in [0.4, 0.5) is 17.1 Å². The van der Waals surface area contributed by atoms with Crippen LogP contribution in [0, 0.1) is 31.6 Å². The van der Waals surface area contributed by atoms with Crippen molar-refractivity contribution in [3.8, 4) is 0 Å². The first-order valence-corrected chi connectivity index (χ1v) is 11.0. The quantitative estimate of drug-likeness (QED) is 0.344. The molecular formula is C25H18N4O6. The number of imide groups is 1. The predicted octanol–water partition coefficient (Wildman–Crippen LogP) is 4.11. The highest BCUT2D eigenvalue weighted by atomic mass is 16.6. The Kier molecular flexibility index (Phi) is 4.17. The first-order valence-electron chi connectivity index (χ1n) is 11.0. The molecule has 7 rings (SSSR count). The van der Waals surface area contributed by atoms with Gasteiger partial charge in [-0.2, -0.15) is 5.01 Å². The second-order valence-electron chi connectivity index (χ2n) is 9.24. The molecule has 1 aliphatic heterocycles. The standard InChI is InChI=1S/C25H18N4O6/c1-25-21-16-8-4-2-6-14(16)20(15-7-3-5-9-17(15)21)22(25)23(30)27(24(25)31)26-18-11-10-13(28(32)33)12-19(18)29(34)35/h2-12,20-22,26H,1H3. The summed E-state index contributed by atoms with van der Waals surface area (Å²) in [5, 5.41) is 23.6. The van der Waals surface area contributed by atoms with Crippen LogP contribution in [0.15, 0.2) is 66.7 Å². The molecule has 4 aliphatic rings. The number of amides is 2. The molecule has 3 aliphatic carbocycles. The molecule has 10 heteroatoms. The van der Waals surface area contributed by atoms with Crippen LogP contribution in [-0.4, -0.2) is 26.7 Å². The number of nitro benzene ring substituents is 2. The van der Waals surface area contributed by atoms with Crippen molar-refractivity contribution in [2.24, 2.45) is 11.3 Å². The highest BCUT2D eigenvalue weighted by molar-refractivity contribution is 6.11. The second-order valence-corrected chi connectivity index (χ2v) is 9.24. The van der Waals surface area contributed by atoms with Crippen LogP contribution in [-0.2, 0) is 9.59 Å². The van der Waals surface area contributed by atoms with Crippen molar-refractivity contribution in [3.05, 3.63) is 109 Å². The Hall–Kier alpha value is -4.60. The fourth-order valence-electron chi connectivity index (χ4n) is 6.22. The average molecular weight is 470 g/mol. The van der Waals surface area contributed by atoms with E-state index in [1.165, 1.54) is 0 Å². The van der Waals surface area contributed by atoms with Crippen molar-refractivity contribution in [1.29, 1.82) is 0 Å². The molecule has 0 saturated carbocycles. The minimum atomic E-state index is -1.10. The number of hydrogen-bond acceptors (Lipinski definition) is 7. The van der Waals surface area contributed by atoms with Gasteiger partial charge in [-0.25, -0.2) is 0 Å². The molecule has 1 N–H and O–H groups in total. The van der Waals surface area contributed by atoms with E-state index in [0.717, 1.165) is 45.5 Å². The molecule has 1 fully saturated rings. The van der Waals surface area contributed by atoms with E-state index in [-0.39, 0.29) is 17.5 Å². The summed E-state index contributed by atoms with van der Waals surface area (Å²) in [6.07, 6.45) is 0. The fourth-order valence-corrected chi connectivity index (χ4v) is 6.22. The number of nitrogens with one attached hydrogen (secondary N) is 1. The lowest BCUT2D eigenvalue weighted by molar-refractivity contribution is -0.393. The molecule has 1 saturated heterocycles. The van der Waals surface area contributed by atoms with Crippen LogP contribution in [0.3, 0.4) is 0 Å². The van der Waals surface area contributed by atoms with Gasteiger partial charge in [0.2, 0.25) is 0 Å². The van der Waals surface area contributed by atoms with Crippen molar-refractivity contribution in [3.63, 3.8) is 0 Å². The molecule has 0 radical (unpaired) electrons. The number of non-ortho nitro benzene ring substituents is 1. The normalized spacial score (nSPS) is 25.6. The van der Waals surface area contributed by atoms with Gasteiger partial charge < -0.3 is 0 Å². The summed E-state index contributed by atoms with van der Waals surface area (Å²) in [6.45, 7) is 1.79. The lowest BCUT2D eigenvalue weighted by Gasteiger charge is -2.51. The SMILES string of the molecule is CC12C(=O)N(Nc3ccc([N+](=O)[O-])cc3[N+](=O)[O-])C(=O)C1C1c3ccccc3C2c2ccccc21. The van der Waals surface area contributed by atoms with Crippen molar-refractivity contribution >= 4 is 28.9 Å². The summed E-state index contributed by atoms with van der Waals surface area (Å²) in [6, 6.07) is 18.6. The summed E-state index contributed by atoms with van der Waals surface area (Å²) in [4.78, 5) is 48.9. The second kappa shape index (κ2) is 6.95. The Morgan fingerprint density at radius 1 is 0.857 bits per heavy atom. The Labute approximate surface area is 198 Å². The predicted molar refractivity (Wildman–Crippen MR) is 123 cm³/mol. The van der Waals surface area contributed by atoms with E-state index >= 15 is 0 Å². The van der Waals surface area contributed by atoms with Crippen LogP contribution in [0.1, 0.15) is 41.0 Å². The van der Waals surface area contributed by atoms with Gasteiger partial charge in [0.15, 0.2) is 0 Å². The van der Waals surface area contributed by atoms with Gasteiger partial charge in [-0.15, -0.1) is 0 Å². The van der Waals surface area contributed by atoms with E-state index in [0.29, 0.717) is 0 Å². The lowest BCUT2D eigenvalue weighted by Crippen LogP contribution is -2.49. The number of nitrogens with zero attached hydrogens (tertiary/aromatic N) is 3. The molecule has 0 spiro atoms. The Morgan fingerprint density at radius 2 is 1.43 bits per heavy atom. The molecule has 1 heterocycles. The van der Waals surface area contributed by atoms with Crippen LogP contribution < -0.4 is 5.43 Å². The molecule has 35 heavy (non-hydrogen) atoms. The molecule has 0 aromatic heterocycles. The Morgan fingerprint density at radius 3 is 1.97 bits per heavy atom. The summed E-state index contributed by atoms with van der Waals surface area (Å²) in [5.74, 6) is -2.37. The molecule has 10 nitrogen and oxygen atoms in total. The van der Waals surface area contributed by atoms with Gasteiger partial charge in [0.05, 0.1) is 27.2 Å². The van der Waals surface area contributed by atoms with Crippen LogP contribution in [0.2, 0.25) is 0 Å². The van der Waals surface area contributed by atoms with Gasteiger partial charge in [0.25, 0.3) is 17.5 Å². The third-order valence-corrected chi connectivity index (χ3v) is 7.63. The van der Waals surface area contributed by atoms with E-state index in [4.69, 9.17) is 0 Å². The van der Waals surface area contributed by atoms with Crippen LogP contribution in [0.25, 0.3) is 0 Å². The van der Waals surface area contributed by atoms with Gasteiger partial charge in [-0.05, 0) is 35.2 Å². The smallest absolute Gasteiger partial charge is 0.282 e. The third-order valence-electron chi connectivity index (χ3n) is 7.63. The zero-order valence-electron chi connectivity index (χ0n) is 18.4. The van der Waals surface area contributed by atoms with Gasteiger partial charge in [-0.1, -0.05) is 48.5 Å². The number of hydrogen-bond donors (Lipinski definition) is 1. The van der Waals surface area contributed by atoms with E-state index < -0.39 is 44.4 Å². The number of anilines is 1. The highest BCUT2D eigenvalue weighted by Gasteiger charge is 2.69. The molecular weight excluding hydrogens is 452 g/mol. The van der Waals surface area contributed by atoms with Crippen molar-refractivity contribution in [2.45, 2.75) is 18.8 Å². The maximum Gasteiger partial charge on any atom is 0.300 e. The topological polar surface area (TPSA) is 136 Å². The minimum absolute atomic E-state index is 0.174. The van der Waals surface area contributed by atoms with Gasteiger partial charge >= 0.3 is 5.69 Å². The average Bonchev–Trinajstić information content (AvgIpc) is 3.04. The summed E-state index contributed by atoms with van der Waals surface area (Å²) >= 11 is 0. The number of carbonyl (C=O) groups excluding carboxylic acids is 2. The zero-order valence-corrected chi connectivity index (χ0v) is 18.4. The molecule has 2 amide bonds. The molecule has 2 unspecified atom stereocenters. The lowest BCUT2D eigenvalue weighted by atomic mass is 9.48. The first kappa shape index (κ1) is 21.0. The van der Waals surface area contributed by atoms with E-state index in [1.54, 1.807) is 6.92 Å². The first-order chi connectivity index (χ1) is 16.7. The van der Waals surface area contributed by atoms with E-state index in [2.05, 4.69) is 5.43 Å². The van der Waals surface area contributed by atoms with Crippen molar-refractivity contribution in [2.75, 3.05) is 5.43 Å². The van der Waals surface area contributed by atoms with Crippen LogP contribution in [0.5, 0.6) is 0 Å². The van der Waals surface area contributed by atoms with Crippen molar-refractivity contribution in [1.82, 2.24) is 5.01 Å². The number of nitro groups is 2. The number of hydrazine groups is 1. The monoisotopic (exact) mass is 470 g/mol. The summed E-state index contributed by atoms with van der Waals surface area (Å²) < 4.78 is 0. The minimum Gasteiger partial charge on any atom is -0.282 e.